The van der Waals surface area contributed by atoms with Crippen LogP contribution in [0.4, 0.5) is 0 Å². The van der Waals surface area contributed by atoms with E-state index in [4.69, 9.17) is 14.0 Å². The largest absolute Gasteiger partial charge is 0.470 e. The molecule has 2 fully saturated rings. The van der Waals surface area contributed by atoms with E-state index in [0.29, 0.717) is 4.57 Å². The second kappa shape index (κ2) is 9.84. The molecule has 0 spiro atoms. The zero-order valence-electron chi connectivity index (χ0n) is 18.6. The van der Waals surface area contributed by atoms with Gasteiger partial charge in [-0.3, -0.25) is 33.2 Å². The number of hydrogen-bond donors (Lipinski definition) is 8. The fourth-order valence-corrected chi connectivity index (χ4v) is 5.06. The van der Waals surface area contributed by atoms with Crippen LogP contribution >= 0.6 is 7.82 Å². The van der Waals surface area contributed by atoms with Crippen LogP contribution in [0.15, 0.2) is 43.7 Å². The normalized spacial score (nSPS) is 34.2. The summed E-state index contributed by atoms with van der Waals surface area (Å²) in [6.45, 7) is -1.10. The van der Waals surface area contributed by atoms with Gasteiger partial charge in [0.15, 0.2) is 12.5 Å². The first-order valence-electron chi connectivity index (χ1n) is 10.6. The molecule has 8 unspecified atom stereocenters. The van der Waals surface area contributed by atoms with Crippen molar-refractivity contribution in [3.63, 3.8) is 0 Å². The van der Waals surface area contributed by atoms with Crippen molar-refractivity contribution in [1.29, 1.82) is 0 Å². The number of aliphatic hydroxyl groups is 4. The third-order valence-electron chi connectivity index (χ3n) is 6.13. The van der Waals surface area contributed by atoms with Crippen molar-refractivity contribution in [2.75, 3.05) is 6.61 Å². The van der Waals surface area contributed by atoms with E-state index in [9.17, 15) is 54.0 Å². The van der Waals surface area contributed by atoms with Crippen molar-refractivity contribution in [3.8, 4) is 0 Å². The molecule has 37 heavy (non-hydrogen) atoms. The topological polar surface area (TPSA) is 276 Å². The fraction of sp³-hybridized carbons (Fsp3) is 0.556. The van der Waals surface area contributed by atoms with Gasteiger partial charge < -0.3 is 39.7 Å². The number of aromatic amines is 2. The van der Waals surface area contributed by atoms with Crippen LogP contribution in [0.5, 0.6) is 0 Å². The van der Waals surface area contributed by atoms with Crippen LogP contribution in [0.3, 0.4) is 0 Å². The van der Waals surface area contributed by atoms with E-state index < -0.39 is 91.9 Å². The Morgan fingerprint density at radius 3 is 1.95 bits per heavy atom. The monoisotopic (exact) mass is 550 g/mol. The molecule has 2 aliphatic heterocycles. The van der Waals surface area contributed by atoms with E-state index in [2.05, 4.69) is 0 Å². The Labute approximate surface area is 204 Å². The van der Waals surface area contributed by atoms with Crippen molar-refractivity contribution in [3.05, 3.63) is 66.2 Å². The Balaban J connectivity index is 1.70. The summed E-state index contributed by atoms with van der Waals surface area (Å²) < 4.78 is 29.1. The summed E-state index contributed by atoms with van der Waals surface area (Å²) in [5, 5.41) is 42.1. The molecule has 2 aromatic rings. The Kier molecular flexibility index (Phi) is 7.25. The molecular weight excluding hydrogens is 527 g/mol. The molecule has 18 nitrogen and oxygen atoms in total. The van der Waals surface area contributed by atoms with Crippen molar-refractivity contribution in [1.82, 2.24) is 19.1 Å². The van der Waals surface area contributed by atoms with E-state index in [-0.39, 0.29) is 0 Å². The van der Waals surface area contributed by atoms with Gasteiger partial charge in [-0.1, -0.05) is 0 Å². The second-order valence-corrected chi connectivity index (χ2v) is 9.72. The average Bonchev–Trinajstić information content (AvgIpc) is 3.22. The molecule has 2 aromatic heterocycles. The van der Waals surface area contributed by atoms with Crippen molar-refractivity contribution < 1.29 is 48.8 Å². The zero-order chi connectivity index (χ0) is 27.3. The molecule has 19 heteroatoms. The molecule has 204 valence electrons. The predicted molar refractivity (Wildman–Crippen MR) is 116 cm³/mol. The first kappa shape index (κ1) is 27.3. The summed E-state index contributed by atoms with van der Waals surface area (Å²) in [5.74, 6) is 0. The SMILES string of the molecule is O=c1ccn(C2OC(CC3(CO)OC(n4ccc(=O)[nH]c4=O)C(O)C3OP(=O)(O)O)C(O)C2O)c(=O)[nH]1. The van der Waals surface area contributed by atoms with Crippen LogP contribution in [-0.4, -0.2) is 92.0 Å². The smallest absolute Gasteiger partial charge is 0.393 e. The summed E-state index contributed by atoms with van der Waals surface area (Å²) in [7, 11) is -5.35. The van der Waals surface area contributed by atoms with Gasteiger partial charge in [-0.25, -0.2) is 14.2 Å². The number of hydrogen-bond acceptors (Lipinski definition) is 12. The van der Waals surface area contributed by atoms with Gasteiger partial charge in [-0.15, -0.1) is 0 Å². The molecule has 0 aromatic carbocycles. The number of nitrogens with one attached hydrogen (secondary N) is 2. The molecule has 2 aliphatic rings. The highest BCUT2D eigenvalue weighted by Crippen LogP contribution is 2.50. The standard InChI is InChI=1S/C18H23N4O14P/c23-6-18(5-7-10(26)11(27)14(34-7)21-3-1-8(24)19-16(21)29)13(36-37(31,32)33)12(28)15(35-18)22-4-2-9(25)20-17(22)30/h1-4,7,10-15,23,26-28H,5-6H2,(H,19,24,29)(H,20,25,30)(H2,31,32,33). The van der Waals surface area contributed by atoms with Crippen molar-refractivity contribution in [2.45, 2.75) is 55.0 Å². The highest BCUT2D eigenvalue weighted by molar-refractivity contribution is 7.46. The number of phosphoric acid groups is 1. The van der Waals surface area contributed by atoms with Gasteiger partial charge in [-0.05, 0) is 0 Å². The quantitative estimate of drug-likeness (QED) is 0.150. The maximum Gasteiger partial charge on any atom is 0.470 e. The van der Waals surface area contributed by atoms with Gasteiger partial charge in [0.05, 0.1) is 12.7 Å². The summed E-state index contributed by atoms with van der Waals surface area (Å²) in [5.41, 5.74) is -5.82. The summed E-state index contributed by atoms with van der Waals surface area (Å²) >= 11 is 0. The third kappa shape index (κ3) is 5.16. The Morgan fingerprint density at radius 2 is 1.46 bits per heavy atom. The number of H-pyrrole nitrogens is 2. The molecule has 0 bridgehead atoms. The zero-order valence-corrected chi connectivity index (χ0v) is 19.5. The molecule has 0 radical (unpaired) electrons. The fourth-order valence-electron chi connectivity index (χ4n) is 4.45. The molecule has 8 atom stereocenters. The lowest BCUT2D eigenvalue weighted by Gasteiger charge is -2.35. The summed E-state index contributed by atoms with van der Waals surface area (Å²) in [6.07, 6.45) is -11.1. The van der Waals surface area contributed by atoms with Gasteiger partial charge in [0.2, 0.25) is 0 Å². The summed E-state index contributed by atoms with van der Waals surface area (Å²) in [6, 6.07) is 1.86. The van der Waals surface area contributed by atoms with Gasteiger partial charge in [0.1, 0.15) is 30.0 Å². The number of phosphoric ester groups is 1. The first-order chi connectivity index (χ1) is 17.3. The molecule has 2 saturated heterocycles. The van der Waals surface area contributed by atoms with Crippen LogP contribution in [0, 0.1) is 0 Å². The first-order valence-corrected chi connectivity index (χ1v) is 12.1. The van der Waals surface area contributed by atoms with Crippen molar-refractivity contribution in [2.24, 2.45) is 0 Å². The Morgan fingerprint density at radius 1 is 0.919 bits per heavy atom. The van der Waals surface area contributed by atoms with E-state index in [1.54, 1.807) is 0 Å². The highest BCUT2D eigenvalue weighted by atomic mass is 31.2. The van der Waals surface area contributed by atoms with Crippen LogP contribution in [0.2, 0.25) is 0 Å². The van der Waals surface area contributed by atoms with Crippen LogP contribution in [-0.2, 0) is 18.6 Å². The lowest BCUT2D eigenvalue weighted by atomic mass is 9.88. The molecular formula is C18H23N4O14P. The van der Waals surface area contributed by atoms with Crippen LogP contribution in [0.25, 0.3) is 0 Å². The van der Waals surface area contributed by atoms with E-state index in [1.165, 1.54) is 0 Å². The lowest BCUT2D eigenvalue weighted by molar-refractivity contribution is -0.157. The minimum atomic E-state index is -5.35. The minimum Gasteiger partial charge on any atom is -0.393 e. The van der Waals surface area contributed by atoms with Crippen LogP contribution in [0.1, 0.15) is 18.9 Å². The van der Waals surface area contributed by atoms with Gasteiger partial charge in [-0.2, -0.15) is 0 Å². The average molecular weight is 550 g/mol. The molecule has 8 N–H and O–H groups in total. The van der Waals surface area contributed by atoms with Crippen molar-refractivity contribution >= 4 is 7.82 Å². The number of nitrogens with zero attached hydrogens (tertiary/aromatic N) is 2. The number of aliphatic hydroxyl groups excluding tert-OH is 4. The van der Waals surface area contributed by atoms with E-state index in [1.807, 2.05) is 9.97 Å². The molecule has 0 aliphatic carbocycles. The third-order valence-corrected chi connectivity index (χ3v) is 6.63. The van der Waals surface area contributed by atoms with Crippen LogP contribution < -0.4 is 22.5 Å². The molecule has 0 saturated carbocycles. The molecule has 0 amide bonds. The Hall–Kier alpha value is -2.77. The van der Waals surface area contributed by atoms with Gasteiger partial charge in [0, 0.05) is 30.9 Å². The minimum absolute atomic E-state index is 0.684. The lowest BCUT2D eigenvalue weighted by Crippen LogP contribution is -2.51. The maximum atomic E-state index is 12.3. The number of aromatic nitrogens is 4. The Bertz CT molecular complexity index is 1430. The van der Waals surface area contributed by atoms with Gasteiger partial charge in [0.25, 0.3) is 11.1 Å². The van der Waals surface area contributed by atoms with Gasteiger partial charge >= 0.3 is 19.2 Å². The second-order valence-electron chi connectivity index (χ2n) is 8.52. The highest BCUT2D eigenvalue weighted by Gasteiger charge is 2.61. The molecule has 4 heterocycles. The number of rotatable bonds is 7. The van der Waals surface area contributed by atoms with E-state index in [0.717, 1.165) is 29.1 Å². The maximum absolute atomic E-state index is 12.3. The summed E-state index contributed by atoms with van der Waals surface area (Å²) in [4.78, 5) is 69.8. The molecule has 4 rings (SSSR count). The number of ether oxygens (including phenoxy) is 2. The van der Waals surface area contributed by atoms with E-state index >= 15 is 0 Å². The predicted octanol–water partition coefficient (Wildman–Crippen LogP) is -4.81.